The normalized spacial score (nSPS) is 8.85. The van der Waals surface area contributed by atoms with Gasteiger partial charge in [0, 0.05) is 12.1 Å². The van der Waals surface area contributed by atoms with E-state index in [2.05, 4.69) is 16.6 Å². The summed E-state index contributed by atoms with van der Waals surface area (Å²) in [5, 5.41) is 6.39. The first-order valence-electron chi connectivity index (χ1n) is 3.79. The van der Waals surface area contributed by atoms with Crippen molar-refractivity contribution in [1.82, 2.24) is 10.6 Å². The summed E-state index contributed by atoms with van der Waals surface area (Å²) in [4.78, 5) is 0. The maximum Gasteiger partial charge on any atom is 0.167 e. The number of rotatable bonds is 3. The van der Waals surface area contributed by atoms with Crippen LogP contribution in [0, 0.1) is 12.3 Å². The molecule has 2 N–H and O–H groups in total. The highest BCUT2D eigenvalue weighted by molar-refractivity contribution is 7.80. The van der Waals surface area contributed by atoms with E-state index in [1.165, 1.54) is 0 Å². The van der Waals surface area contributed by atoms with E-state index in [1.54, 1.807) is 12.5 Å². The predicted octanol–water partition coefficient (Wildman–Crippen LogP) is 0.877. The van der Waals surface area contributed by atoms with Crippen LogP contribution >= 0.6 is 12.2 Å². The van der Waals surface area contributed by atoms with E-state index in [9.17, 15) is 0 Å². The molecule has 1 heterocycles. The minimum Gasteiger partial charge on any atom is -0.472 e. The Morgan fingerprint density at radius 2 is 2.46 bits per heavy atom. The van der Waals surface area contributed by atoms with Crippen molar-refractivity contribution in [3.05, 3.63) is 24.2 Å². The molecule has 0 saturated heterocycles. The summed E-state index contributed by atoms with van der Waals surface area (Å²) in [5.41, 5.74) is 1.05. The Balaban J connectivity index is 2.20. The lowest BCUT2D eigenvalue weighted by Crippen LogP contribution is -2.34. The molecule has 0 radical (unpaired) electrons. The van der Waals surface area contributed by atoms with Crippen LogP contribution in [0.4, 0.5) is 0 Å². The van der Waals surface area contributed by atoms with Crippen molar-refractivity contribution >= 4 is 17.3 Å². The lowest BCUT2D eigenvalue weighted by atomic mass is 10.3. The van der Waals surface area contributed by atoms with Gasteiger partial charge < -0.3 is 15.1 Å². The molecule has 0 bridgehead atoms. The van der Waals surface area contributed by atoms with E-state index >= 15 is 0 Å². The lowest BCUT2D eigenvalue weighted by Gasteiger charge is -2.06. The molecular formula is C9H10N2OS. The van der Waals surface area contributed by atoms with Crippen LogP contribution in [-0.2, 0) is 6.54 Å². The van der Waals surface area contributed by atoms with Crippen LogP contribution in [0.1, 0.15) is 5.56 Å². The highest BCUT2D eigenvalue weighted by Gasteiger charge is 1.95. The molecule has 4 heteroatoms. The Hall–Kier alpha value is -1.47. The lowest BCUT2D eigenvalue weighted by molar-refractivity contribution is 0.563. The van der Waals surface area contributed by atoms with Crippen LogP contribution in [0.5, 0.6) is 0 Å². The molecule has 0 saturated carbocycles. The molecule has 1 rings (SSSR count). The smallest absolute Gasteiger partial charge is 0.167 e. The van der Waals surface area contributed by atoms with E-state index in [-0.39, 0.29) is 0 Å². The third-order valence-corrected chi connectivity index (χ3v) is 1.67. The number of hydrogen-bond acceptors (Lipinski definition) is 2. The van der Waals surface area contributed by atoms with Gasteiger partial charge in [0.1, 0.15) is 0 Å². The van der Waals surface area contributed by atoms with E-state index in [1.807, 2.05) is 6.07 Å². The topological polar surface area (TPSA) is 37.2 Å². The number of nitrogens with one attached hydrogen (secondary N) is 2. The van der Waals surface area contributed by atoms with Gasteiger partial charge in [-0.25, -0.2) is 0 Å². The molecule has 3 nitrogen and oxygen atoms in total. The Bertz CT molecular complexity index is 300. The molecule has 1 aromatic heterocycles. The van der Waals surface area contributed by atoms with Crippen LogP contribution in [0.3, 0.4) is 0 Å². The third kappa shape index (κ3) is 3.63. The molecule has 0 atom stereocenters. The fourth-order valence-corrected chi connectivity index (χ4v) is 0.914. The number of hydrogen-bond donors (Lipinski definition) is 2. The van der Waals surface area contributed by atoms with Crippen molar-refractivity contribution in [3.8, 4) is 12.3 Å². The van der Waals surface area contributed by atoms with Gasteiger partial charge in [-0.2, -0.15) is 0 Å². The molecule has 68 valence electrons. The Kier molecular flexibility index (Phi) is 3.86. The van der Waals surface area contributed by atoms with Gasteiger partial charge in [-0.3, -0.25) is 0 Å². The summed E-state index contributed by atoms with van der Waals surface area (Å²) in [5.74, 6) is 2.43. The fourth-order valence-electron chi connectivity index (χ4n) is 0.769. The molecule has 13 heavy (non-hydrogen) atoms. The van der Waals surface area contributed by atoms with Gasteiger partial charge >= 0.3 is 0 Å². The molecular weight excluding hydrogens is 184 g/mol. The third-order valence-electron chi connectivity index (χ3n) is 1.38. The van der Waals surface area contributed by atoms with Crippen LogP contribution in [0.15, 0.2) is 23.0 Å². The van der Waals surface area contributed by atoms with Crippen molar-refractivity contribution < 1.29 is 4.42 Å². The van der Waals surface area contributed by atoms with Crippen molar-refractivity contribution in [2.75, 3.05) is 6.54 Å². The quantitative estimate of drug-likeness (QED) is 0.553. The zero-order valence-electron chi connectivity index (χ0n) is 7.04. The highest BCUT2D eigenvalue weighted by atomic mass is 32.1. The predicted molar refractivity (Wildman–Crippen MR) is 55.0 cm³/mol. The van der Waals surface area contributed by atoms with Crippen LogP contribution in [0.25, 0.3) is 0 Å². The van der Waals surface area contributed by atoms with Gasteiger partial charge in [-0.15, -0.1) is 6.42 Å². The highest BCUT2D eigenvalue weighted by Crippen LogP contribution is 1.97. The second kappa shape index (κ2) is 5.22. The Morgan fingerprint density at radius 1 is 1.62 bits per heavy atom. The molecule has 0 aliphatic rings. The van der Waals surface area contributed by atoms with Crippen LogP contribution in [-0.4, -0.2) is 11.7 Å². The molecule has 0 aliphatic heterocycles. The maximum absolute atomic E-state index is 5.05. The van der Waals surface area contributed by atoms with E-state index in [0.29, 0.717) is 18.2 Å². The van der Waals surface area contributed by atoms with Gasteiger partial charge in [-0.1, -0.05) is 5.92 Å². The SMILES string of the molecule is C#CCNC(=S)NCc1ccoc1. The Morgan fingerprint density at radius 3 is 3.08 bits per heavy atom. The van der Waals surface area contributed by atoms with E-state index < -0.39 is 0 Å². The summed E-state index contributed by atoms with van der Waals surface area (Å²) in [6, 6.07) is 1.87. The summed E-state index contributed by atoms with van der Waals surface area (Å²) in [6.07, 6.45) is 8.34. The standard InChI is InChI=1S/C9H10N2OS/c1-2-4-10-9(13)11-6-8-3-5-12-7-8/h1,3,5,7H,4,6H2,(H2,10,11,13). The maximum atomic E-state index is 5.05. The van der Waals surface area contributed by atoms with Crippen molar-refractivity contribution in [2.24, 2.45) is 0 Å². The van der Waals surface area contributed by atoms with Gasteiger partial charge in [0.25, 0.3) is 0 Å². The van der Waals surface area contributed by atoms with E-state index in [4.69, 9.17) is 23.1 Å². The van der Waals surface area contributed by atoms with E-state index in [0.717, 1.165) is 5.56 Å². The molecule has 0 aromatic carbocycles. The van der Waals surface area contributed by atoms with Gasteiger partial charge in [0.05, 0.1) is 19.1 Å². The molecule has 0 amide bonds. The molecule has 0 unspecified atom stereocenters. The molecule has 0 aliphatic carbocycles. The second-order valence-corrected chi connectivity index (χ2v) is 2.78. The minimum atomic E-state index is 0.442. The monoisotopic (exact) mass is 194 g/mol. The second-order valence-electron chi connectivity index (χ2n) is 2.37. The fraction of sp³-hybridized carbons (Fsp3) is 0.222. The average molecular weight is 194 g/mol. The first kappa shape index (κ1) is 9.62. The minimum absolute atomic E-state index is 0.442. The van der Waals surface area contributed by atoms with Crippen molar-refractivity contribution in [1.29, 1.82) is 0 Å². The van der Waals surface area contributed by atoms with Crippen molar-refractivity contribution in [3.63, 3.8) is 0 Å². The summed E-state index contributed by atoms with van der Waals surface area (Å²) >= 11 is 4.94. The summed E-state index contributed by atoms with van der Waals surface area (Å²) < 4.78 is 4.89. The van der Waals surface area contributed by atoms with Crippen LogP contribution < -0.4 is 10.6 Å². The summed E-state index contributed by atoms with van der Waals surface area (Å²) in [7, 11) is 0. The summed E-state index contributed by atoms with van der Waals surface area (Å²) in [6.45, 7) is 1.09. The largest absolute Gasteiger partial charge is 0.472 e. The van der Waals surface area contributed by atoms with Gasteiger partial charge in [0.15, 0.2) is 5.11 Å². The Labute approximate surface area is 82.5 Å². The average Bonchev–Trinajstić information content (AvgIpc) is 2.64. The van der Waals surface area contributed by atoms with Gasteiger partial charge in [-0.05, 0) is 18.3 Å². The zero-order valence-corrected chi connectivity index (χ0v) is 7.86. The molecule has 1 aromatic rings. The number of terminal acetylenes is 1. The first-order chi connectivity index (χ1) is 6.33. The number of thiocarbonyl (C=S) groups is 1. The molecule has 0 spiro atoms. The van der Waals surface area contributed by atoms with Crippen LogP contribution in [0.2, 0.25) is 0 Å². The number of furan rings is 1. The first-order valence-corrected chi connectivity index (χ1v) is 4.20. The van der Waals surface area contributed by atoms with Gasteiger partial charge in [0.2, 0.25) is 0 Å². The zero-order chi connectivity index (χ0) is 9.52. The van der Waals surface area contributed by atoms with Crippen molar-refractivity contribution in [2.45, 2.75) is 6.54 Å². The molecule has 0 fully saturated rings.